The van der Waals surface area contributed by atoms with Gasteiger partial charge in [0, 0.05) is 6.04 Å². The van der Waals surface area contributed by atoms with Crippen molar-refractivity contribution >= 4 is 0 Å². The third kappa shape index (κ3) is 2.00. The zero-order valence-corrected chi connectivity index (χ0v) is 9.65. The van der Waals surface area contributed by atoms with Gasteiger partial charge in [0.25, 0.3) is 0 Å². The van der Waals surface area contributed by atoms with Gasteiger partial charge >= 0.3 is 0 Å². The van der Waals surface area contributed by atoms with E-state index in [0.29, 0.717) is 11.7 Å². The fraction of sp³-hybridized carbons (Fsp3) is 0.538. The highest BCUT2D eigenvalue weighted by atomic mass is 16.5. The van der Waals surface area contributed by atoms with Crippen molar-refractivity contribution in [3.8, 4) is 11.5 Å². The van der Waals surface area contributed by atoms with Crippen LogP contribution in [0.3, 0.4) is 0 Å². The van der Waals surface area contributed by atoms with Crippen LogP contribution in [0.4, 0.5) is 0 Å². The molecule has 3 N–H and O–H groups in total. The Bertz CT molecular complexity index is 359. The number of rotatable bonds is 3. The number of phenolic OH excluding ortho intramolecular Hbond substituents is 1. The molecule has 2 rings (SSSR count). The summed E-state index contributed by atoms with van der Waals surface area (Å²) in [7, 11) is 1.61. The first-order valence-electron chi connectivity index (χ1n) is 5.85. The molecule has 0 saturated heterocycles. The molecule has 1 fully saturated rings. The summed E-state index contributed by atoms with van der Waals surface area (Å²) < 4.78 is 5.27. The van der Waals surface area contributed by atoms with Gasteiger partial charge in [0.2, 0.25) is 0 Å². The zero-order chi connectivity index (χ0) is 11.5. The number of ether oxygens (including phenoxy) is 1. The Labute approximate surface area is 96.2 Å². The minimum atomic E-state index is -0.112. The Hall–Kier alpha value is -1.22. The fourth-order valence-corrected chi connectivity index (χ4v) is 2.60. The maximum atomic E-state index is 9.89. The van der Waals surface area contributed by atoms with Gasteiger partial charge in [-0.1, -0.05) is 18.9 Å². The van der Waals surface area contributed by atoms with E-state index in [0.717, 1.165) is 18.4 Å². The van der Waals surface area contributed by atoms with Crippen molar-refractivity contribution in [2.45, 2.75) is 31.7 Å². The highest BCUT2D eigenvalue weighted by Gasteiger charge is 2.27. The van der Waals surface area contributed by atoms with Gasteiger partial charge in [0.1, 0.15) is 11.5 Å². The van der Waals surface area contributed by atoms with E-state index >= 15 is 0 Å². The maximum absolute atomic E-state index is 9.89. The number of benzene rings is 1. The molecule has 0 unspecified atom stereocenters. The predicted molar refractivity (Wildman–Crippen MR) is 63.5 cm³/mol. The van der Waals surface area contributed by atoms with Gasteiger partial charge in [0.05, 0.1) is 12.7 Å². The van der Waals surface area contributed by atoms with Gasteiger partial charge in [-0.25, -0.2) is 0 Å². The summed E-state index contributed by atoms with van der Waals surface area (Å²) in [5, 5.41) is 9.89. The topological polar surface area (TPSA) is 55.5 Å². The lowest BCUT2D eigenvalue weighted by atomic mass is 9.91. The largest absolute Gasteiger partial charge is 0.507 e. The second-order valence-corrected chi connectivity index (χ2v) is 4.46. The Morgan fingerprint density at radius 3 is 2.69 bits per heavy atom. The van der Waals surface area contributed by atoms with Crippen LogP contribution in [0.5, 0.6) is 11.5 Å². The Morgan fingerprint density at radius 1 is 1.38 bits per heavy atom. The smallest absolute Gasteiger partial charge is 0.127 e. The van der Waals surface area contributed by atoms with E-state index in [1.54, 1.807) is 19.2 Å². The number of hydrogen-bond acceptors (Lipinski definition) is 3. The van der Waals surface area contributed by atoms with Gasteiger partial charge in [-0.2, -0.15) is 0 Å². The zero-order valence-electron chi connectivity index (χ0n) is 9.65. The maximum Gasteiger partial charge on any atom is 0.127 e. The summed E-state index contributed by atoms with van der Waals surface area (Å²) in [5.41, 5.74) is 7.00. The van der Waals surface area contributed by atoms with Crippen LogP contribution in [0, 0.1) is 5.92 Å². The quantitative estimate of drug-likeness (QED) is 0.824. The van der Waals surface area contributed by atoms with E-state index in [1.807, 2.05) is 6.07 Å². The summed E-state index contributed by atoms with van der Waals surface area (Å²) in [4.78, 5) is 0. The molecule has 0 heterocycles. The highest BCUT2D eigenvalue weighted by molar-refractivity contribution is 5.46. The number of aromatic hydroxyl groups is 1. The minimum Gasteiger partial charge on any atom is -0.507 e. The molecule has 1 aliphatic rings. The molecule has 0 spiro atoms. The number of nitrogens with two attached hydrogens (primary N) is 1. The Kier molecular flexibility index (Phi) is 3.34. The van der Waals surface area contributed by atoms with E-state index in [9.17, 15) is 5.11 Å². The number of phenols is 1. The third-order valence-electron chi connectivity index (χ3n) is 3.50. The van der Waals surface area contributed by atoms with Crippen LogP contribution >= 0.6 is 0 Å². The molecular weight excluding hydrogens is 202 g/mol. The van der Waals surface area contributed by atoms with Crippen molar-refractivity contribution in [2.24, 2.45) is 11.7 Å². The minimum absolute atomic E-state index is 0.112. The summed E-state index contributed by atoms with van der Waals surface area (Å²) >= 11 is 0. The normalized spacial score (nSPS) is 18.6. The monoisotopic (exact) mass is 221 g/mol. The first-order valence-corrected chi connectivity index (χ1v) is 5.85. The van der Waals surface area contributed by atoms with Gasteiger partial charge in [0.15, 0.2) is 0 Å². The van der Waals surface area contributed by atoms with Gasteiger partial charge in [-0.3, -0.25) is 0 Å². The van der Waals surface area contributed by atoms with E-state index in [2.05, 4.69) is 0 Å². The van der Waals surface area contributed by atoms with Gasteiger partial charge in [-0.05, 0) is 30.9 Å². The molecule has 1 aromatic carbocycles. The third-order valence-corrected chi connectivity index (χ3v) is 3.50. The molecule has 3 heteroatoms. The van der Waals surface area contributed by atoms with Crippen molar-refractivity contribution in [2.75, 3.05) is 7.11 Å². The van der Waals surface area contributed by atoms with Crippen molar-refractivity contribution in [3.63, 3.8) is 0 Å². The van der Waals surface area contributed by atoms with Crippen LogP contribution in [0.2, 0.25) is 0 Å². The summed E-state index contributed by atoms with van der Waals surface area (Å²) in [6.07, 6.45) is 4.79. The molecule has 0 radical (unpaired) electrons. The van der Waals surface area contributed by atoms with Crippen molar-refractivity contribution in [1.82, 2.24) is 0 Å². The van der Waals surface area contributed by atoms with Crippen LogP contribution in [-0.2, 0) is 0 Å². The molecule has 0 bridgehead atoms. The fourth-order valence-electron chi connectivity index (χ4n) is 2.60. The van der Waals surface area contributed by atoms with Crippen molar-refractivity contribution < 1.29 is 9.84 Å². The van der Waals surface area contributed by atoms with E-state index in [-0.39, 0.29) is 11.8 Å². The molecule has 1 aliphatic carbocycles. The molecule has 0 aliphatic heterocycles. The molecule has 1 atom stereocenters. The lowest BCUT2D eigenvalue weighted by Gasteiger charge is -2.22. The second-order valence-electron chi connectivity index (χ2n) is 4.46. The second kappa shape index (κ2) is 4.74. The van der Waals surface area contributed by atoms with Crippen molar-refractivity contribution in [3.05, 3.63) is 23.8 Å². The van der Waals surface area contributed by atoms with Crippen LogP contribution in [-0.4, -0.2) is 12.2 Å². The van der Waals surface area contributed by atoms with E-state index in [4.69, 9.17) is 10.5 Å². The lowest BCUT2D eigenvalue weighted by molar-refractivity contribution is 0.368. The van der Waals surface area contributed by atoms with Crippen LogP contribution in [0.1, 0.15) is 37.3 Å². The highest BCUT2D eigenvalue weighted by Crippen LogP contribution is 2.41. The predicted octanol–water partition coefficient (Wildman–Crippen LogP) is 2.59. The van der Waals surface area contributed by atoms with Crippen LogP contribution < -0.4 is 10.5 Å². The molecule has 16 heavy (non-hydrogen) atoms. The molecule has 0 aromatic heterocycles. The molecule has 1 aromatic rings. The van der Waals surface area contributed by atoms with Gasteiger partial charge in [-0.15, -0.1) is 0 Å². The first kappa shape index (κ1) is 11.3. The summed E-state index contributed by atoms with van der Waals surface area (Å²) in [6.45, 7) is 0. The average molecular weight is 221 g/mol. The van der Waals surface area contributed by atoms with Crippen LogP contribution in [0.25, 0.3) is 0 Å². The SMILES string of the molecule is COc1cccc(O)c1[C@H](N)C1CCCC1. The molecule has 88 valence electrons. The molecule has 0 amide bonds. The Morgan fingerprint density at radius 2 is 2.06 bits per heavy atom. The summed E-state index contributed by atoms with van der Waals surface area (Å²) in [5.74, 6) is 1.42. The van der Waals surface area contributed by atoms with Crippen LogP contribution in [0.15, 0.2) is 18.2 Å². The van der Waals surface area contributed by atoms with E-state index < -0.39 is 0 Å². The molecular formula is C13H19NO2. The molecule has 1 saturated carbocycles. The lowest BCUT2D eigenvalue weighted by Crippen LogP contribution is -2.20. The van der Waals surface area contributed by atoms with Crippen molar-refractivity contribution in [1.29, 1.82) is 0 Å². The van der Waals surface area contributed by atoms with E-state index in [1.165, 1.54) is 12.8 Å². The first-order chi connectivity index (χ1) is 7.74. The van der Waals surface area contributed by atoms with Gasteiger partial charge < -0.3 is 15.6 Å². The summed E-state index contributed by atoms with van der Waals surface area (Å²) in [6, 6.07) is 5.19. The standard InChI is InChI=1S/C13H19NO2/c1-16-11-8-4-7-10(15)12(11)13(14)9-5-2-3-6-9/h4,7-9,13,15H,2-3,5-6,14H2,1H3/t13-/m1/s1. The Balaban J connectivity index is 2.30. The number of methoxy groups -OCH3 is 1. The molecule has 3 nitrogen and oxygen atoms in total. The average Bonchev–Trinajstić information content (AvgIpc) is 2.81. The number of hydrogen-bond donors (Lipinski definition) is 2.